The number of H-pyrrole nitrogens is 1. The number of carboxylic acid groups (broad SMARTS) is 1. The molecule has 1 aromatic heterocycles. The minimum absolute atomic E-state index is 0.0397. The van der Waals surface area contributed by atoms with Crippen molar-refractivity contribution in [3.63, 3.8) is 0 Å². The number of aromatic nitrogens is 2. The van der Waals surface area contributed by atoms with Crippen LogP contribution in [-0.2, 0) is 0 Å². The third-order valence-electron chi connectivity index (χ3n) is 3.23. The Labute approximate surface area is 122 Å². The second-order valence-corrected chi connectivity index (χ2v) is 4.61. The van der Waals surface area contributed by atoms with Gasteiger partial charge in [0.15, 0.2) is 0 Å². The maximum Gasteiger partial charge on any atom is 0.335 e. The molecule has 6 nitrogen and oxygen atoms in total. The maximum atomic E-state index is 12.9. The number of nitrogens with zero attached hydrogens (tertiary/aromatic N) is 1. The molecule has 0 aliphatic heterocycles. The van der Waals surface area contributed by atoms with Crippen LogP contribution in [0.3, 0.4) is 0 Å². The van der Waals surface area contributed by atoms with E-state index in [1.165, 1.54) is 30.3 Å². The molecule has 0 saturated carbocycles. The van der Waals surface area contributed by atoms with Crippen LogP contribution < -0.4 is 11.2 Å². The molecule has 0 atom stereocenters. The molecule has 0 aliphatic carbocycles. The summed E-state index contributed by atoms with van der Waals surface area (Å²) in [6.07, 6.45) is 0. The van der Waals surface area contributed by atoms with Gasteiger partial charge in [0.2, 0.25) is 0 Å². The summed E-state index contributed by atoms with van der Waals surface area (Å²) < 4.78 is 13.8. The van der Waals surface area contributed by atoms with Gasteiger partial charge < -0.3 is 10.1 Å². The lowest BCUT2D eigenvalue weighted by Crippen LogP contribution is -2.33. The van der Waals surface area contributed by atoms with Gasteiger partial charge in [-0.25, -0.2) is 18.5 Å². The molecule has 7 heteroatoms. The number of aromatic amines is 1. The Kier molecular flexibility index (Phi) is 3.10. The van der Waals surface area contributed by atoms with E-state index >= 15 is 0 Å². The fourth-order valence-corrected chi connectivity index (χ4v) is 2.18. The Bertz CT molecular complexity index is 1000. The van der Waals surface area contributed by atoms with Crippen molar-refractivity contribution < 1.29 is 14.3 Å². The predicted octanol–water partition coefficient (Wildman–Crippen LogP) is 1.52. The number of hydrogen-bond donors (Lipinski definition) is 2. The Balaban J connectivity index is 2.32. The predicted molar refractivity (Wildman–Crippen MR) is 77.1 cm³/mol. The van der Waals surface area contributed by atoms with Crippen LogP contribution in [0.15, 0.2) is 52.1 Å². The SMILES string of the molecule is O=C(O)c1ccc2c(=O)n(-c3ccc(F)cc3)c(=O)[nH]c2c1. The molecule has 0 amide bonds. The Morgan fingerprint density at radius 3 is 2.41 bits per heavy atom. The lowest BCUT2D eigenvalue weighted by molar-refractivity contribution is 0.0697. The number of benzene rings is 2. The van der Waals surface area contributed by atoms with E-state index in [-0.39, 0.29) is 22.2 Å². The van der Waals surface area contributed by atoms with Gasteiger partial charge in [-0.2, -0.15) is 0 Å². The zero-order valence-electron chi connectivity index (χ0n) is 11.0. The monoisotopic (exact) mass is 300 g/mol. The van der Waals surface area contributed by atoms with E-state index in [0.717, 1.165) is 16.7 Å². The molecule has 0 saturated heterocycles. The lowest BCUT2D eigenvalue weighted by atomic mass is 10.1. The van der Waals surface area contributed by atoms with Gasteiger partial charge >= 0.3 is 11.7 Å². The van der Waals surface area contributed by atoms with Gasteiger partial charge in [-0.05, 0) is 42.5 Å². The van der Waals surface area contributed by atoms with Gasteiger partial charge in [-0.1, -0.05) is 0 Å². The van der Waals surface area contributed by atoms with Gasteiger partial charge in [0.1, 0.15) is 5.82 Å². The van der Waals surface area contributed by atoms with Crippen molar-refractivity contribution in [3.05, 3.63) is 74.7 Å². The molecule has 2 aromatic carbocycles. The van der Waals surface area contributed by atoms with Gasteiger partial charge in [0, 0.05) is 0 Å². The first-order valence-corrected chi connectivity index (χ1v) is 6.26. The van der Waals surface area contributed by atoms with Crippen molar-refractivity contribution in [1.82, 2.24) is 9.55 Å². The summed E-state index contributed by atoms with van der Waals surface area (Å²) >= 11 is 0. The molecule has 22 heavy (non-hydrogen) atoms. The van der Waals surface area contributed by atoms with Crippen LogP contribution in [0, 0.1) is 5.82 Å². The quantitative estimate of drug-likeness (QED) is 0.750. The molecular weight excluding hydrogens is 291 g/mol. The van der Waals surface area contributed by atoms with E-state index in [1.54, 1.807) is 0 Å². The Hall–Kier alpha value is -3.22. The molecule has 0 spiro atoms. The first-order chi connectivity index (χ1) is 10.5. The average molecular weight is 300 g/mol. The lowest BCUT2D eigenvalue weighted by Gasteiger charge is -2.06. The molecule has 0 unspecified atom stereocenters. The van der Waals surface area contributed by atoms with E-state index in [2.05, 4.69) is 4.98 Å². The second kappa shape index (κ2) is 4.96. The minimum Gasteiger partial charge on any atom is -0.478 e. The first kappa shape index (κ1) is 13.7. The molecule has 1 heterocycles. The van der Waals surface area contributed by atoms with Crippen molar-refractivity contribution in [2.24, 2.45) is 0 Å². The van der Waals surface area contributed by atoms with Crippen molar-refractivity contribution in [2.75, 3.05) is 0 Å². The maximum absolute atomic E-state index is 12.9. The summed E-state index contributed by atoms with van der Waals surface area (Å²) in [5.41, 5.74) is -1.03. The molecule has 3 rings (SSSR count). The van der Waals surface area contributed by atoms with Crippen LogP contribution in [-0.4, -0.2) is 20.6 Å². The van der Waals surface area contributed by atoms with Crippen molar-refractivity contribution in [2.45, 2.75) is 0 Å². The zero-order chi connectivity index (χ0) is 15.9. The topological polar surface area (TPSA) is 92.2 Å². The number of nitrogens with one attached hydrogen (secondary N) is 1. The number of carbonyl (C=O) groups is 1. The van der Waals surface area contributed by atoms with Gasteiger partial charge in [0.25, 0.3) is 5.56 Å². The van der Waals surface area contributed by atoms with Crippen LogP contribution >= 0.6 is 0 Å². The fraction of sp³-hybridized carbons (Fsp3) is 0. The summed E-state index contributed by atoms with van der Waals surface area (Å²) in [5.74, 6) is -1.65. The summed E-state index contributed by atoms with van der Waals surface area (Å²) in [7, 11) is 0. The number of hydrogen-bond acceptors (Lipinski definition) is 3. The number of fused-ring (bicyclic) bond motifs is 1. The van der Waals surface area contributed by atoms with Crippen molar-refractivity contribution in [3.8, 4) is 5.69 Å². The number of carboxylic acids is 1. The van der Waals surface area contributed by atoms with E-state index in [1.807, 2.05) is 0 Å². The molecule has 0 bridgehead atoms. The molecule has 2 N–H and O–H groups in total. The van der Waals surface area contributed by atoms with Gasteiger partial charge in [-0.15, -0.1) is 0 Å². The number of halogens is 1. The fourth-order valence-electron chi connectivity index (χ4n) is 2.18. The molecule has 110 valence electrons. The number of rotatable bonds is 2. The van der Waals surface area contributed by atoms with E-state index < -0.39 is 23.0 Å². The summed E-state index contributed by atoms with van der Waals surface area (Å²) in [6, 6.07) is 8.72. The van der Waals surface area contributed by atoms with E-state index in [9.17, 15) is 18.8 Å². The standard InChI is InChI=1S/C15H9FN2O4/c16-9-2-4-10(5-3-9)18-13(19)11-6-1-8(14(20)21)7-12(11)17-15(18)22/h1-7H,(H,17,22)(H,20,21). The van der Waals surface area contributed by atoms with Crippen LogP contribution in [0.2, 0.25) is 0 Å². The second-order valence-electron chi connectivity index (χ2n) is 4.61. The smallest absolute Gasteiger partial charge is 0.335 e. The number of aromatic carboxylic acids is 1. The third-order valence-corrected chi connectivity index (χ3v) is 3.23. The van der Waals surface area contributed by atoms with Crippen LogP contribution in [0.25, 0.3) is 16.6 Å². The average Bonchev–Trinajstić information content (AvgIpc) is 2.48. The zero-order valence-corrected chi connectivity index (χ0v) is 11.0. The third kappa shape index (κ3) is 2.18. The summed E-state index contributed by atoms with van der Waals surface area (Å²) in [5, 5.41) is 9.09. The molecular formula is C15H9FN2O4. The van der Waals surface area contributed by atoms with E-state index in [4.69, 9.17) is 5.11 Å². The van der Waals surface area contributed by atoms with Crippen LogP contribution in [0.1, 0.15) is 10.4 Å². The molecule has 0 radical (unpaired) electrons. The highest BCUT2D eigenvalue weighted by molar-refractivity contribution is 5.92. The highest BCUT2D eigenvalue weighted by Crippen LogP contribution is 2.11. The van der Waals surface area contributed by atoms with Crippen LogP contribution in [0.4, 0.5) is 4.39 Å². The summed E-state index contributed by atoms with van der Waals surface area (Å²) in [6.45, 7) is 0. The molecule has 0 aliphatic rings. The van der Waals surface area contributed by atoms with Gasteiger partial charge in [-0.3, -0.25) is 4.79 Å². The first-order valence-electron chi connectivity index (χ1n) is 6.26. The Morgan fingerprint density at radius 1 is 1.09 bits per heavy atom. The van der Waals surface area contributed by atoms with E-state index in [0.29, 0.717) is 0 Å². The van der Waals surface area contributed by atoms with Gasteiger partial charge in [0.05, 0.1) is 22.2 Å². The van der Waals surface area contributed by atoms with Crippen molar-refractivity contribution >= 4 is 16.9 Å². The summed E-state index contributed by atoms with van der Waals surface area (Å²) in [4.78, 5) is 37.9. The molecule has 3 aromatic rings. The highest BCUT2D eigenvalue weighted by Gasteiger charge is 2.11. The van der Waals surface area contributed by atoms with Crippen molar-refractivity contribution in [1.29, 1.82) is 0 Å². The minimum atomic E-state index is -1.16. The highest BCUT2D eigenvalue weighted by atomic mass is 19.1. The van der Waals surface area contributed by atoms with Crippen LogP contribution in [0.5, 0.6) is 0 Å². The molecule has 0 fully saturated rings. The normalized spacial score (nSPS) is 10.8. The Morgan fingerprint density at radius 2 is 1.77 bits per heavy atom. The largest absolute Gasteiger partial charge is 0.478 e.